The highest BCUT2D eigenvalue weighted by molar-refractivity contribution is 6.49. The van der Waals surface area contributed by atoms with Gasteiger partial charge in [0.25, 0.3) is 5.91 Å². The molecule has 2 amide bonds. The standard InChI is InChI=1S/C23H23N9O2/c1-14-10-16(31-30-14)12-26-21(33)17(11-24)20(25-2)22(34)28-19-8-9-32-13-18(27-23(32)29-19)15-6-4-3-5-7-15/h3-11,13,17,24H,12H2,1-2H3,(H,26,33)(H,30,31)(H,27,28,29,34). The maximum absolute atomic E-state index is 12.9. The summed E-state index contributed by atoms with van der Waals surface area (Å²) in [7, 11) is 1.40. The number of benzene rings is 1. The number of carbonyl (C=O) groups excluding carboxylic acids is 2. The molecule has 0 saturated heterocycles. The molecule has 0 spiro atoms. The van der Waals surface area contributed by atoms with Gasteiger partial charge in [-0.1, -0.05) is 30.3 Å². The van der Waals surface area contributed by atoms with Crippen LogP contribution in [0, 0.1) is 18.3 Å². The quantitative estimate of drug-likeness (QED) is 0.298. The molecule has 3 heterocycles. The maximum atomic E-state index is 12.9. The summed E-state index contributed by atoms with van der Waals surface area (Å²) < 4.78 is 1.75. The largest absolute Gasteiger partial charge is 0.349 e. The summed E-state index contributed by atoms with van der Waals surface area (Å²) >= 11 is 0. The van der Waals surface area contributed by atoms with Crippen LogP contribution in [0.15, 0.2) is 59.9 Å². The van der Waals surface area contributed by atoms with Gasteiger partial charge in [0.05, 0.1) is 17.9 Å². The van der Waals surface area contributed by atoms with Crippen LogP contribution in [-0.4, -0.2) is 55.4 Å². The van der Waals surface area contributed by atoms with E-state index in [1.165, 1.54) is 7.05 Å². The van der Waals surface area contributed by atoms with Crippen LogP contribution in [0.2, 0.25) is 0 Å². The summed E-state index contributed by atoms with van der Waals surface area (Å²) in [5, 5.41) is 19.8. The Morgan fingerprint density at radius 1 is 1.24 bits per heavy atom. The van der Waals surface area contributed by atoms with Crippen LogP contribution >= 0.6 is 0 Å². The lowest BCUT2D eigenvalue weighted by molar-refractivity contribution is -0.122. The first-order chi connectivity index (χ1) is 16.5. The Hall–Kier alpha value is -4.67. The zero-order valence-corrected chi connectivity index (χ0v) is 18.6. The lowest BCUT2D eigenvalue weighted by atomic mass is 10.0. The number of aromatic amines is 1. The van der Waals surface area contributed by atoms with Crippen molar-refractivity contribution in [2.45, 2.75) is 13.5 Å². The van der Waals surface area contributed by atoms with Crippen molar-refractivity contribution in [3.05, 3.63) is 66.2 Å². The molecule has 3 aromatic heterocycles. The van der Waals surface area contributed by atoms with Gasteiger partial charge in [0, 0.05) is 36.9 Å². The summed E-state index contributed by atoms with van der Waals surface area (Å²) in [5.74, 6) is -1.67. The average molecular weight is 457 g/mol. The van der Waals surface area contributed by atoms with Gasteiger partial charge < -0.3 is 16.0 Å². The fraction of sp³-hybridized carbons (Fsp3) is 0.174. The number of rotatable bonds is 8. The van der Waals surface area contributed by atoms with E-state index in [1.54, 1.807) is 22.7 Å². The fourth-order valence-electron chi connectivity index (χ4n) is 3.38. The number of carbonyl (C=O) groups is 2. The van der Waals surface area contributed by atoms with Gasteiger partial charge in [0.1, 0.15) is 17.4 Å². The lowest BCUT2D eigenvalue weighted by Gasteiger charge is -2.14. The van der Waals surface area contributed by atoms with Crippen molar-refractivity contribution in [1.29, 1.82) is 5.41 Å². The number of aliphatic imine (C=N–C) groups is 1. The normalized spacial score (nSPS) is 12.4. The number of fused-ring (bicyclic) bond motifs is 1. The maximum Gasteiger partial charge on any atom is 0.271 e. The average Bonchev–Trinajstić information content (AvgIpc) is 3.46. The minimum absolute atomic E-state index is 0.110. The van der Waals surface area contributed by atoms with Crippen LogP contribution in [0.3, 0.4) is 0 Å². The zero-order chi connectivity index (χ0) is 24.1. The van der Waals surface area contributed by atoms with E-state index in [9.17, 15) is 9.59 Å². The molecule has 0 aliphatic heterocycles. The molecule has 11 nitrogen and oxygen atoms in total. The molecule has 0 aliphatic rings. The van der Waals surface area contributed by atoms with Crippen molar-refractivity contribution in [1.82, 2.24) is 29.9 Å². The summed E-state index contributed by atoms with van der Waals surface area (Å²) in [4.78, 5) is 38.4. The number of aryl methyl sites for hydroxylation is 1. The minimum Gasteiger partial charge on any atom is -0.349 e. The van der Waals surface area contributed by atoms with Crippen molar-refractivity contribution in [2.75, 3.05) is 12.4 Å². The molecule has 172 valence electrons. The number of nitrogens with zero attached hydrogens (tertiary/aromatic N) is 5. The van der Waals surface area contributed by atoms with E-state index in [0.29, 0.717) is 11.5 Å². The van der Waals surface area contributed by atoms with Gasteiger partial charge >= 0.3 is 0 Å². The van der Waals surface area contributed by atoms with E-state index in [2.05, 4.69) is 35.8 Å². The van der Waals surface area contributed by atoms with Gasteiger partial charge in [0.2, 0.25) is 11.7 Å². The summed E-state index contributed by atoms with van der Waals surface area (Å²) in [6.07, 6.45) is 4.45. The van der Waals surface area contributed by atoms with Crippen molar-refractivity contribution >= 4 is 35.3 Å². The van der Waals surface area contributed by atoms with E-state index in [1.807, 2.05) is 43.5 Å². The number of nitrogens with one attached hydrogen (secondary N) is 4. The molecule has 0 saturated carbocycles. The summed E-state index contributed by atoms with van der Waals surface area (Å²) in [6, 6.07) is 13.1. The number of aromatic nitrogens is 5. The Balaban J connectivity index is 1.47. The Morgan fingerprint density at radius 3 is 2.71 bits per heavy atom. The Morgan fingerprint density at radius 2 is 2.03 bits per heavy atom. The van der Waals surface area contributed by atoms with Gasteiger partial charge in [-0.25, -0.2) is 4.98 Å². The van der Waals surface area contributed by atoms with Crippen LogP contribution < -0.4 is 10.6 Å². The summed E-state index contributed by atoms with van der Waals surface area (Å²) in [5.41, 5.74) is 3.09. The number of imidazole rings is 1. The second kappa shape index (κ2) is 9.86. The van der Waals surface area contributed by atoms with Crippen LogP contribution in [0.25, 0.3) is 17.0 Å². The first kappa shape index (κ1) is 22.5. The molecular weight excluding hydrogens is 434 g/mol. The topological polar surface area (TPSA) is 153 Å². The Bertz CT molecular complexity index is 1370. The van der Waals surface area contributed by atoms with Crippen LogP contribution in [0.4, 0.5) is 5.82 Å². The first-order valence-electron chi connectivity index (χ1n) is 10.5. The zero-order valence-electron chi connectivity index (χ0n) is 18.6. The number of anilines is 1. The predicted molar refractivity (Wildman–Crippen MR) is 128 cm³/mol. The second-order valence-corrected chi connectivity index (χ2v) is 7.48. The third-order valence-electron chi connectivity index (χ3n) is 5.06. The van der Waals surface area contributed by atoms with Crippen LogP contribution in [0.5, 0.6) is 0 Å². The van der Waals surface area contributed by atoms with Crippen molar-refractivity contribution in [2.24, 2.45) is 10.9 Å². The molecule has 11 heteroatoms. The molecule has 0 radical (unpaired) electrons. The van der Waals surface area contributed by atoms with E-state index < -0.39 is 17.7 Å². The molecule has 4 aromatic rings. The molecule has 4 rings (SSSR count). The number of amides is 2. The van der Waals surface area contributed by atoms with E-state index in [0.717, 1.165) is 23.2 Å². The molecular formula is C23H23N9O2. The predicted octanol–water partition coefficient (Wildman–Crippen LogP) is 2.02. The summed E-state index contributed by atoms with van der Waals surface area (Å²) in [6.45, 7) is 2.01. The molecule has 1 aromatic carbocycles. The van der Waals surface area contributed by atoms with Gasteiger partial charge in [0.15, 0.2) is 0 Å². The molecule has 34 heavy (non-hydrogen) atoms. The van der Waals surface area contributed by atoms with Gasteiger partial charge in [-0.05, 0) is 19.1 Å². The molecule has 0 bridgehead atoms. The smallest absolute Gasteiger partial charge is 0.271 e. The molecule has 1 unspecified atom stereocenters. The fourth-order valence-corrected chi connectivity index (χ4v) is 3.38. The third kappa shape index (κ3) is 4.88. The minimum atomic E-state index is -1.16. The van der Waals surface area contributed by atoms with E-state index in [4.69, 9.17) is 5.41 Å². The molecule has 4 N–H and O–H groups in total. The van der Waals surface area contributed by atoms with Crippen molar-refractivity contribution in [3.63, 3.8) is 0 Å². The number of H-pyrrole nitrogens is 1. The highest BCUT2D eigenvalue weighted by atomic mass is 16.2. The highest BCUT2D eigenvalue weighted by Crippen LogP contribution is 2.18. The first-order valence-corrected chi connectivity index (χ1v) is 10.5. The SMILES string of the molecule is CN=C(C(=O)Nc1ccn2cc(-c3ccccc3)nc2n1)C(C=N)C(=O)NCc1cc(C)[nH]n1. The lowest BCUT2D eigenvalue weighted by Crippen LogP contribution is -2.41. The van der Waals surface area contributed by atoms with Gasteiger partial charge in [-0.2, -0.15) is 10.1 Å². The highest BCUT2D eigenvalue weighted by Gasteiger charge is 2.27. The molecule has 1 atom stereocenters. The van der Waals surface area contributed by atoms with Gasteiger partial charge in [-0.3, -0.25) is 24.1 Å². The van der Waals surface area contributed by atoms with Crippen molar-refractivity contribution < 1.29 is 9.59 Å². The van der Waals surface area contributed by atoms with Gasteiger partial charge in [-0.15, -0.1) is 0 Å². The van der Waals surface area contributed by atoms with Crippen molar-refractivity contribution in [3.8, 4) is 11.3 Å². The molecule has 0 aliphatic carbocycles. The molecule has 0 fully saturated rings. The Kier molecular flexibility index (Phi) is 6.53. The third-order valence-corrected chi connectivity index (χ3v) is 5.06. The van der Waals surface area contributed by atoms with E-state index >= 15 is 0 Å². The second-order valence-electron chi connectivity index (χ2n) is 7.48. The van der Waals surface area contributed by atoms with Crippen LogP contribution in [0.1, 0.15) is 11.4 Å². The number of hydrogen-bond donors (Lipinski definition) is 4. The number of hydrogen-bond acceptors (Lipinski definition) is 7. The Labute approximate surface area is 194 Å². The van der Waals surface area contributed by atoms with E-state index in [-0.39, 0.29) is 18.1 Å². The van der Waals surface area contributed by atoms with Crippen LogP contribution in [-0.2, 0) is 16.1 Å². The monoisotopic (exact) mass is 457 g/mol.